The average molecular weight is 313 g/mol. The van der Waals surface area contributed by atoms with Crippen LogP contribution in [0.5, 0.6) is 0 Å². The second kappa shape index (κ2) is 8.42. The van der Waals surface area contributed by atoms with E-state index in [1.807, 2.05) is 41.5 Å². The fraction of sp³-hybridized carbons (Fsp3) is 0.824. The summed E-state index contributed by atoms with van der Waals surface area (Å²) < 4.78 is 5.77. The third-order valence-electron chi connectivity index (χ3n) is 3.73. The summed E-state index contributed by atoms with van der Waals surface area (Å²) in [6.07, 6.45) is 0.466. The summed E-state index contributed by atoms with van der Waals surface area (Å²) in [4.78, 5) is 34.7. The van der Waals surface area contributed by atoms with Crippen LogP contribution in [0.4, 0.5) is 0 Å². The van der Waals surface area contributed by atoms with E-state index >= 15 is 0 Å². The van der Waals surface area contributed by atoms with Gasteiger partial charge in [0, 0.05) is 30.7 Å². The molecule has 0 heterocycles. The first kappa shape index (κ1) is 20.8. The Morgan fingerprint density at radius 3 is 2.05 bits per heavy atom. The topological polar surface area (TPSA) is 72.5 Å². The molecule has 0 atom stereocenters. The number of ketones is 2. The second-order valence-corrected chi connectivity index (χ2v) is 7.39. The highest BCUT2D eigenvalue weighted by Gasteiger charge is 2.28. The number of amides is 1. The highest BCUT2D eigenvalue weighted by atomic mass is 16.5. The summed E-state index contributed by atoms with van der Waals surface area (Å²) in [6, 6.07) is 0. The van der Waals surface area contributed by atoms with Gasteiger partial charge < -0.3 is 10.1 Å². The Bertz CT molecular complexity index is 411. The number of hydrogen-bond donors (Lipinski definition) is 1. The first-order valence-electron chi connectivity index (χ1n) is 7.82. The molecule has 0 aromatic rings. The van der Waals surface area contributed by atoms with Gasteiger partial charge in [-0.2, -0.15) is 0 Å². The number of rotatable bonds is 10. The van der Waals surface area contributed by atoms with Gasteiger partial charge in [0.05, 0.1) is 12.2 Å². The van der Waals surface area contributed by atoms with Crippen LogP contribution in [0.1, 0.15) is 61.3 Å². The van der Waals surface area contributed by atoms with Crippen molar-refractivity contribution in [3.63, 3.8) is 0 Å². The van der Waals surface area contributed by atoms with E-state index in [0.717, 1.165) is 0 Å². The molecule has 1 amide bonds. The fourth-order valence-electron chi connectivity index (χ4n) is 1.45. The Morgan fingerprint density at radius 2 is 1.59 bits per heavy atom. The molecule has 0 aromatic heterocycles. The summed E-state index contributed by atoms with van der Waals surface area (Å²) in [5.74, 6) is -0.0358. The second-order valence-electron chi connectivity index (χ2n) is 7.39. The highest BCUT2D eigenvalue weighted by Crippen LogP contribution is 2.20. The van der Waals surface area contributed by atoms with Gasteiger partial charge in [-0.25, -0.2) is 0 Å². The summed E-state index contributed by atoms with van der Waals surface area (Å²) >= 11 is 0. The van der Waals surface area contributed by atoms with Gasteiger partial charge in [0.15, 0.2) is 0 Å². The quantitative estimate of drug-likeness (QED) is 0.672. The molecule has 5 heteroatoms. The van der Waals surface area contributed by atoms with Crippen molar-refractivity contribution in [3.05, 3.63) is 0 Å². The van der Waals surface area contributed by atoms with Crippen molar-refractivity contribution in [2.45, 2.75) is 66.9 Å². The minimum Gasteiger partial charge on any atom is -0.373 e. The SMILES string of the molecule is CC(=O)C(C)(C)COC(C)(C)CNC(=O)CCC(=O)C(C)C. The number of Topliss-reactive ketones (excluding diaryl/α,β-unsaturated/α-hetero) is 2. The van der Waals surface area contributed by atoms with Crippen molar-refractivity contribution in [2.24, 2.45) is 11.3 Å². The van der Waals surface area contributed by atoms with Crippen LogP contribution in [0.25, 0.3) is 0 Å². The van der Waals surface area contributed by atoms with Crippen LogP contribution in [0, 0.1) is 11.3 Å². The van der Waals surface area contributed by atoms with E-state index in [0.29, 0.717) is 13.2 Å². The number of nitrogens with one attached hydrogen (secondary N) is 1. The molecule has 0 aliphatic heterocycles. The van der Waals surface area contributed by atoms with Gasteiger partial charge in [-0.05, 0) is 20.8 Å². The maximum Gasteiger partial charge on any atom is 0.220 e. The lowest BCUT2D eigenvalue weighted by atomic mass is 9.90. The van der Waals surface area contributed by atoms with Gasteiger partial charge in [-0.3, -0.25) is 14.4 Å². The standard InChI is InChI=1S/C17H31NO4/c1-12(2)14(20)8-9-15(21)18-10-17(6,7)22-11-16(4,5)13(3)19/h12H,8-11H2,1-7H3,(H,18,21). The Balaban J connectivity index is 4.19. The molecule has 0 spiro atoms. The lowest BCUT2D eigenvalue weighted by molar-refractivity contribution is -0.133. The van der Waals surface area contributed by atoms with Crippen molar-refractivity contribution in [3.8, 4) is 0 Å². The van der Waals surface area contributed by atoms with E-state index in [4.69, 9.17) is 4.74 Å². The molecule has 0 aromatic carbocycles. The van der Waals surface area contributed by atoms with Crippen LogP contribution in [-0.2, 0) is 19.1 Å². The summed E-state index contributed by atoms with van der Waals surface area (Å²) in [5.41, 5.74) is -1.10. The van der Waals surface area contributed by atoms with Gasteiger partial charge in [-0.1, -0.05) is 27.7 Å². The molecule has 0 rings (SSSR count). The summed E-state index contributed by atoms with van der Waals surface area (Å²) in [5, 5.41) is 2.78. The molecular formula is C17H31NO4. The highest BCUT2D eigenvalue weighted by molar-refractivity contribution is 5.86. The maximum atomic E-state index is 11.8. The molecule has 22 heavy (non-hydrogen) atoms. The monoisotopic (exact) mass is 313 g/mol. The average Bonchev–Trinajstić information content (AvgIpc) is 2.40. The number of ether oxygens (including phenoxy) is 1. The molecule has 5 nitrogen and oxygen atoms in total. The Kier molecular flexibility index (Phi) is 7.94. The van der Waals surface area contributed by atoms with Crippen molar-refractivity contribution in [1.29, 1.82) is 0 Å². The van der Waals surface area contributed by atoms with Crippen LogP contribution in [0.2, 0.25) is 0 Å². The molecule has 0 saturated carbocycles. The van der Waals surface area contributed by atoms with Crippen molar-refractivity contribution in [1.82, 2.24) is 5.32 Å². The summed E-state index contributed by atoms with van der Waals surface area (Å²) in [6.45, 7) is 13.2. The molecule has 0 unspecified atom stereocenters. The molecule has 0 saturated heterocycles. The Morgan fingerprint density at radius 1 is 1.05 bits per heavy atom. The molecular weight excluding hydrogens is 282 g/mol. The van der Waals surface area contributed by atoms with E-state index in [1.54, 1.807) is 6.92 Å². The predicted octanol–water partition coefficient (Wildman–Crippen LogP) is 2.52. The fourth-order valence-corrected chi connectivity index (χ4v) is 1.45. The van der Waals surface area contributed by atoms with Gasteiger partial charge in [-0.15, -0.1) is 0 Å². The molecule has 0 radical (unpaired) electrons. The van der Waals surface area contributed by atoms with E-state index in [1.165, 1.54) is 0 Å². The largest absolute Gasteiger partial charge is 0.373 e. The third kappa shape index (κ3) is 8.27. The molecule has 0 fully saturated rings. The third-order valence-corrected chi connectivity index (χ3v) is 3.73. The van der Waals surface area contributed by atoms with Gasteiger partial charge in [0.25, 0.3) is 0 Å². The molecule has 128 valence electrons. The van der Waals surface area contributed by atoms with Gasteiger partial charge in [0.2, 0.25) is 5.91 Å². The van der Waals surface area contributed by atoms with E-state index in [9.17, 15) is 14.4 Å². The lowest BCUT2D eigenvalue weighted by Gasteiger charge is -2.30. The van der Waals surface area contributed by atoms with Crippen LogP contribution < -0.4 is 5.32 Å². The zero-order chi connectivity index (χ0) is 17.6. The molecule has 0 aliphatic rings. The smallest absolute Gasteiger partial charge is 0.220 e. The van der Waals surface area contributed by atoms with Crippen LogP contribution >= 0.6 is 0 Å². The van der Waals surface area contributed by atoms with Gasteiger partial charge >= 0.3 is 0 Å². The molecule has 1 N–H and O–H groups in total. The molecule has 0 aliphatic carbocycles. The van der Waals surface area contributed by atoms with Crippen molar-refractivity contribution >= 4 is 17.5 Å². The Labute approximate surface area is 134 Å². The van der Waals surface area contributed by atoms with Crippen LogP contribution in [0.15, 0.2) is 0 Å². The number of carbonyl (C=O) groups excluding carboxylic acids is 3. The molecule has 0 bridgehead atoms. The first-order chi connectivity index (χ1) is 9.87. The minimum absolute atomic E-state index is 0.0404. The normalized spacial score (nSPS) is 12.4. The van der Waals surface area contributed by atoms with Gasteiger partial charge in [0.1, 0.15) is 11.6 Å². The minimum atomic E-state index is -0.565. The zero-order valence-electron chi connectivity index (χ0n) is 15.0. The van der Waals surface area contributed by atoms with E-state index in [-0.39, 0.29) is 36.2 Å². The lowest BCUT2D eigenvalue weighted by Crippen LogP contribution is -2.43. The summed E-state index contributed by atoms with van der Waals surface area (Å²) in [7, 11) is 0. The van der Waals surface area contributed by atoms with Crippen molar-refractivity contribution < 1.29 is 19.1 Å². The first-order valence-corrected chi connectivity index (χ1v) is 7.82. The maximum absolute atomic E-state index is 11.8. The van der Waals surface area contributed by atoms with E-state index in [2.05, 4.69) is 5.32 Å². The number of hydrogen-bond acceptors (Lipinski definition) is 4. The predicted molar refractivity (Wildman–Crippen MR) is 86.6 cm³/mol. The Hall–Kier alpha value is -1.23. The number of carbonyl (C=O) groups is 3. The van der Waals surface area contributed by atoms with E-state index < -0.39 is 11.0 Å². The van der Waals surface area contributed by atoms with Crippen LogP contribution in [0.3, 0.4) is 0 Å². The van der Waals surface area contributed by atoms with Crippen molar-refractivity contribution in [2.75, 3.05) is 13.2 Å². The van der Waals surface area contributed by atoms with Crippen LogP contribution in [-0.4, -0.2) is 36.2 Å². The zero-order valence-corrected chi connectivity index (χ0v) is 15.0.